The van der Waals surface area contributed by atoms with Gasteiger partial charge in [0.15, 0.2) is 0 Å². The minimum atomic E-state index is -4.33. The zero-order valence-electron chi connectivity index (χ0n) is 44.5. The summed E-state index contributed by atoms with van der Waals surface area (Å²) in [6.07, 6.45) is 75.1. The second-order valence-electron chi connectivity index (χ2n) is 18.9. The van der Waals surface area contributed by atoms with E-state index >= 15 is 0 Å². The van der Waals surface area contributed by atoms with E-state index < -0.39 is 20.0 Å². The molecule has 0 saturated carbocycles. The molecule has 3 N–H and O–H groups in total. The predicted molar refractivity (Wildman–Crippen MR) is 299 cm³/mol. The summed E-state index contributed by atoms with van der Waals surface area (Å²) >= 11 is 0. The smallest absolute Gasteiger partial charge is 0.391 e. The van der Waals surface area contributed by atoms with E-state index in [0.717, 1.165) is 116 Å². The van der Waals surface area contributed by atoms with Crippen LogP contribution in [0, 0.1) is 0 Å². The number of rotatable bonds is 47. The quantitative estimate of drug-likeness (QED) is 0.0243. The van der Waals surface area contributed by atoms with E-state index in [1.165, 1.54) is 44.9 Å². The van der Waals surface area contributed by atoms with E-state index in [9.17, 15) is 19.4 Å². The third-order valence-corrected chi connectivity index (χ3v) is 12.1. The number of likely N-dealkylation sites (N-methyl/N-ethyl adjacent to an activating group) is 1. The first-order valence-electron chi connectivity index (χ1n) is 27.0. The van der Waals surface area contributed by atoms with E-state index in [0.29, 0.717) is 23.9 Å². The summed E-state index contributed by atoms with van der Waals surface area (Å²) < 4.78 is 23.6. The third kappa shape index (κ3) is 52.3. The van der Waals surface area contributed by atoms with Crippen molar-refractivity contribution >= 4 is 13.7 Å². The fourth-order valence-corrected chi connectivity index (χ4v) is 7.67. The lowest BCUT2D eigenvalue weighted by Crippen LogP contribution is -2.46. The average molecular weight is 978 g/mol. The summed E-state index contributed by atoms with van der Waals surface area (Å²) in [7, 11) is 1.57. The van der Waals surface area contributed by atoms with Gasteiger partial charge >= 0.3 is 7.82 Å². The number of quaternary nitrogens is 1. The highest BCUT2D eigenvalue weighted by atomic mass is 31.2. The number of amides is 1. The Kier molecular flexibility index (Phi) is 47.2. The normalized spacial score (nSPS) is 15.1. The van der Waals surface area contributed by atoms with Crippen LogP contribution in [0.2, 0.25) is 0 Å². The van der Waals surface area contributed by atoms with Gasteiger partial charge in [0.2, 0.25) is 5.91 Å². The molecule has 0 spiro atoms. The van der Waals surface area contributed by atoms with Crippen molar-refractivity contribution < 1.29 is 32.9 Å². The maximum Gasteiger partial charge on any atom is 0.472 e. The summed E-state index contributed by atoms with van der Waals surface area (Å²) in [5, 5.41) is 13.9. The Hall–Kier alpha value is -3.36. The highest BCUT2D eigenvalue weighted by Gasteiger charge is 2.28. The van der Waals surface area contributed by atoms with Gasteiger partial charge in [-0.2, -0.15) is 0 Å². The van der Waals surface area contributed by atoms with Gasteiger partial charge < -0.3 is 19.8 Å². The number of allylic oxidation sites excluding steroid dienone is 22. The Balaban J connectivity index is 4.19. The molecule has 1 amide bonds. The molecule has 0 aliphatic heterocycles. The maximum absolute atomic E-state index is 12.9. The van der Waals surface area contributed by atoms with Crippen LogP contribution in [-0.4, -0.2) is 73.4 Å². The lowest BCUT2D eigenvalue weighted by molar-refractivity contribution is -0.870. The zero-order chi connectivity index (χ0) is 50.6. The van der Waals surface area contributed by atoms with Crippen molar-refractivity contribution in [1.29, 1.82) is 0 Å². The minimum absolute atomic E-state index is 0.0603. The number of hydrogen-bond donors (Lipinski definition) is 3. The summed E-state index contributed by atoms with van der Waals surface area (Å²) in [5.74, 6) is -0.184. The molecule has 8 nitrogen and oxygen atoms in total. The molecule has 0 bridgehead atoms. The van der Waals surface area contributed by atoms with Gasteiger partial charge in [-0.1, -0.05) is 218 Å². The molecule has 0 saturated heterocycles. The van der Waals surface area contributed by atoms with Gasteiger partial charge in [-0.05, 0) is 96.3 Å². The Labute approximate surface area is 424 Å². The van der Waals surface area contributed by atoms with Gasteiger partial charge in [0.05, 0.1) is 39.9 Å². The number of aliphatic hydroxyl groups is 1. The number of hydrogen-bond acceptors (Lipinski definition) is 5. The highest BCUT2D eigenvalue weighted by Crippen LogP contribution is 2.43. The standard InChI is InChI=1S/C60H101N2O6P/c1-6-8-10-12-14-16-18-19-20-21-22-23-24-25-26-27-28-29-30-31-32-33-34-35-36-37-38-39-40-41-42-43-44-46-48-50-52-54-60(64)61-58(57-68-69(65,66)67-56-55-62(3,4)5)59(63)53-51-49-47-45-17-15-13-11-9-7-2/h8,10,14,16,19-20,22-23,25-26,28-29,31-32,34-35,37-38,40-41,43-44,58-59,63H,6-7,9,11-13,15,17-18,21,24,27,30,33,36,39,42,45-57H2,1-5H3,(H-,61,64,65,66)/p+1/b10-8-,16-14-,20-19-,23-22-,26-25-,29-28-,32-31-,35-34-,38-37-,41-40-,44-43-. The fraction of sp³-hybridized carbons (Fsp3) is 0.617. The van der Waals surface area contributed by atoms with E-state index in [-0.39, 0.29) is 19.1 Å². The van der Waals surface area contributed by atoms with Crippen LogP contribution >= 0.6 is 7.82 Å². The molecule has 0 fully saturated rings. The Morgan fingerprint density at radius 1 is 0.507 bits per heavy atom. The van der Waals surface area contributed by atoms with E-state index in [4.69, 9.17) is 9.05 Å². The highest BCUT2D eigenvalue weighted by molar-refractivity contribution is 7.47. The van der Waals surface area contributed by atoms with Gasteiger partial charge in [-0.25, -0.2) is 4.57 Å². The van der Waals surface area contributed by atoms with Gasteiger partial charge in [0, 0.05) is 6.42 Å². The van der Waals surface area contributed by atoms with Crippen molar-refractivity contribution in [2.45, 2.75) is 199 Å². The predicted octanol–water partition coefficient (Wildman–Crippen LogP) is 16.4. The first kappa shape index (κ1) is 65.6. The molecular weight excluding hydrogens is 876 g/mol. The maximum atomic E-state index is 12.9. The number of carbonyl (C=O) groups is 1. The van der Waals surface area contributed by atoms with Crippen LogP contribution in [0.3, 0.4) is 0 Å². The molecule has 0 radical (unpaired) electrons. The van der Waals surface area contributed by atoms with Crippen molar-refractivity contribution in [1.82, 2.24) is 5.32 Å². The van der Waals surface area contributed by atoms with Gasteiger partial charge in [0.1, 0.15) is 13.2 Å². The Morgan fingerprint density at radius 2 is 0.870 bits per heavy atom. The van der Waals surface area contributed by atoms with Crippen LogP contribution < -0.4 is 5.32 Å². The lowest BCUT2D eigenvalue weighted by Gasteiger charge is -2.26. The van der Waals surface area contributed by atoms with Crippen LogP contribution in [0.4, 0.5) is 0 Å². The van der Waals surface area contributed by atoms with E-state index in [1.54, 1.807) is 0 Å². The first-order valence-corrected chi connectivity index (χ1v) is 28.5. The van der Waals surface area contributed by atoms with Crippen molar-refractivity contribution in [2.24, 2.45) is 0 Å². The SMILES string of the molecule is CC/C=C\C/C=C\C/C=C\C/C=C\C/C=C\C/C=C\C/C=C\C/C=C\C/C=C\C/C=C\C/C=C\CCCCCC(=O)NC(COP(=O)(O)OCC[N+](C)(C)C)C(O)CCCCCCCCCCCC. The number of nitrogens with one attached hydrogen (secondary N) is 1. The van der Waals surface area contributed by atoms with Gasteiger partial charge in [0.25, 0.3) is 0 Å². The molecule has 0 aliphatic carbocycles. The Bertz CT molecular complexity index is 1580. The average Bonchev–Trinajstić information content (AvgIpc) is 3.31. The van der Waals surface area contributed by atoms with Gasteiger partial charge in [-0.3, -0.25) is 13.8 Å². The van der Waals surface area contributed by atoms with E-state index in [2.05, 4.69) is 153 Å². The van der Waals surface area contributed by atoms with Crippen LogP contribution in [-0.2, 0) is 18.4 Å². The fourth-order valence-electron chi connectivity index (χ4n) is 6.93. The Morgan fingerprint density at radius 3 is 1.26 bits per heavy atom. The summed E-state index contributed by atoms with van der Waals surface area (Å²) in [5.41, 5.74) is 0. The third-order valence-electron chi connectivity index (χ3n) is 11.2. The molecular formula is C60H102N2O6P+. The second-order valence-corrected chi connectivity index (χ2v) is 20.3. The first-order chi connectivity index (χ1) is 33.5. The summed E-state index contributed by atoms with van der Waals surface area (Å²) in [6.45, 7) is 4.70. The number of phosphoric acid groups is 1. The molecule has 392 valence electrons. The van der Waals surface area contributed by atoms with E-state index in [1.807, 2.05) is 21.1 Å². The number of carbonyl (C=O) groups excluding carboxylic acids is 1. The molecule has 0 heterocycles. The number of unbranched alkanes of at least 4 members (excludes halogenated alkanes) is 12. The molecule has 0 aromatic carbocycles. The molecule has 0 aliphatic rings. The summed E-state index contributed by atoms with van der Waals surface area (Å²) in [4.78, 5) is 23.2. The van der Waals surface area contributed by atoms with Crippen molar-refractivity contribution in [3.63, 3.8) is 0 Å². The van der Waals surface area contributed by atoms with Crippen molar-refractivity contribution in [2.75, 3.05) is 40.9 Å². The molecule has 3 atom stereocenters. The van der Waals surface area contributed by atoms with Crippen molar-refractivity contribution in [3.05, 3.63) is 134 Å². The molecule has 69 heavy (non-hydrogen) atoms. The van der Waals surface area contributed by atoms with Crippen LogP contribution in [0.1, 0.15) is 187 Å². The van der Waals surface area contributed by atoms with Crippen LogP contribution in [0.5, 0.6) is 0 Å². The molecule has 0 rings (SSSR count). The lowest BCUT2D eigenvalue weighted by atomic mass is 10.0. The molecule has 0 aromatic heterocycles. The summed E-state index contributed by atoms with van der Waals surface area (Å²) in [6, 6.07) is -0.787. The monoisotopic (exact) mass is 978 g/mol. The van der Waals surface area contributed by atoms with Crippen molar-refractivity contribution in [3.8, 4) is 0 Å². The minimum Gasteiger partial charge on any atom is -0.391 e. The molecule has 3 unspecified atom stereocenters. The number of phosphoric ester groups is 1. The molecule has 0 aromatic rings. The van der Waals surface area contributed by atoms with Crippen LogP contribution in [0.15, 0.2) is 134 Å². The van der Waals surface area contributed by atoms with Crippen LogP contribution in [0.25, 0.3) is 0 Å². The number of nitrogens with zero attached hydrogens (tertiary/aromatic N) is 1. The largest absolute Gasteiger partial charge is 0.472 e. The second kappa shape index (κ2) is 49.6. The number of aliphatic hydroxyl groups excluding tert-OH is 1. The topological polar surface area (TPSA) is 105 Å². The molecule has 9 heteroatoms. The van der Waals surface area contributed by atoms with Gasteiger partial charge in [-0.15, -0.1) is 0 Å². The zero-order valence-corrected chi connectivity index (χ0v) is 45.4.